The van der Waals surface area contributed by atoms with Crippen molar-refractivity contribution >= 4 is 15.7 Å². The summed E-state index contributed by atoms with van der Waals surface area (Å²) < 4.78 is 37.8. The summed E-state index contributed by atoms with van der Waals surface area (Å²) in [7, 11) is -3.96. The first kappa shape index (κ1) is 14.2. The van der Waals surface area contributed by atoms with Crippen molar-refractivity contribution in [3.8, 4) is 0 Å². The van der Waals surface area contributed by atoms with Crippen LogP contribution in [-0.2, 0) is 14.6 Å². The molecule has 2 aromatic carbocycles. The molecule has 104 valence electrons. The Morgan fingerprint density at radius 1 is 1.00 bits per heavy atom. The van der Waals surface area contributed by atoms with Gasteiger partial charge in [-0.2, -0.15) is 0 Å². The average molecular weight is 293 g/mol. The van der Waals surface area contributed by atoms with Crippen LogP contribution in [0.5, 0.6) is 0 Å². The van der Waals surface area contributed by atoms with E-state index < -0.39 is 26.8 Å². The second-order valence-corrected chi connectivity index (χ2v) is 6.22. The first-order valence-electron chi connectivity index (χ1n) is 5.76. The quantitative estimate of drug-likeness (QED) is 0.934. The minimum atomic E-state index is -3.96. The van der Waals surface area contributed by atoms with Crippen LogP contribution >= 0.6 is 0 Å². The van der Waals surface area contributed by atoms with Crippen LogP contribution in [0, 0.1) is 5.82 Å². The molecule has 0 aliphatic carbocycles. The van der Waals surface area contributed by atoms with E-state index in [0.717, 1.165) is 12.1 Å². The summed E-state index contributed by atoms with van der Waals surface area (Å²) in [5.74, 6) is -1.52. The van der Waals surface area contributed by atoms with E-state index >= 15 is 0 Å². The molecule has 0 unspecified atom stereocenters. The highest BCUT2D eigenvalue weighted by Gasteiger charge is 2.33. The van der Waals surface area contributed by atoms with Gasteiger partial charge in [0.2, 0.25) is 5.91 Å². The van der Waals surface area contributed by atoms with Gasteiger partial charge in [0.25, 0.3) is 0 Å². The number of amides is 1. The van der Waals surface area contributed by atoms with Crippen LogP contribution in [0.15, 0.2) is 59.5 Å². The number of nitrogens with two attached hydrogens (primary N) is 1. The molecule has 0 aliphatic rings. The predicted molar refractivity (Wildman–Crippen MR) is 72.0 cm³/mol. The van der Waals surface area contributed by atoms with E-state index in [1.54, 1.807) is 18.2 Å². The van der Waals surface area contributed by atoms with E-state index in [2.05, 4.69) is 0 Å². The zero-order valence-electron chi connectivity index (χ0n) is 10.4. The zero-order valence-corrected chi connectivity index (χ0v) is 11.2. The van der Waals surface area contributed by atoms with Crippen LogP contribution in [-0.4, -0.2) is 14.3 Å². The number of carbonyl (C=O) groups is 1. The highest BCUT2D eigenvalue weighted by molar-refractivity contribution is 7.92. The van der Waals surface area contributed by atoms with Crippen molar-refractivity contribution in [3.63, 3.8) is 0 Å². The lowest BCUT2D eigenvalue weighted by Gasteiger charge is -2.15. The molecule has 1 atom stereocenters. The fraction of sp³-hybridized carbons (Fsp3) is 0.0714. The van der Waals surface area contributed by atoms with Crippen molar-refractivity contribution in [2.45, 2.75) is 10.1 Å². The lowest BCUT2D eigenvalue weighted by molar-refractivity contribution is -0.117. The van der Waals surface area contributed by atoms with Gasteiger partial charge in [0.1, 0.15) is 5.82 Å². The maximum atomic E-state index is 12.9. The standard InChI is InChI=1S/C14H12FNO3S/c15-11-8-6-10(7-9-11)13(14(16)17)20(18,19)12-4-2-1-3-5-12/h1-9,13H,(H2,16,17)/t13-/m1/s1. The minimum absolute atomic E-state index is 0.00637. The number of hydrogen-bond donors (Lipinski definition) is 1. The number of halogens is 1. The molecule has 0 bridgehead atoms. The number of hydrogen-bond acceptors (Lipinski definition) is 3. The number of rotatable bonds is 4. The molecule has 0 fully saturated rings. The molecule has 0 saturated carbocycles. The summed E-state index contributed by atoms with van der Waals surface area (Å²) in [6.07, 6.45) is 0. The van der Waals surface area contributed by atoms with Gasteiger partial charge in [0, 0.05) is 0 Å². The van der Waals surface area contributed by atoms with E-state index in [0.29, 0.717) is 0 Å². The largest absolute Gasteiger partial charge is 0.368 e. The Bertz CT molecular complexity index is 712. The maximum Gasteiger partial charge on any atom is 0.240 e. The molecule has 0 spiro atoms. The van der Waals surface area contributed by atoms with Gasteiger partial charge < -0.3 is 5.73 Å². The molecule has 0 aromatic heterocycles. The van der Waals surface area contributed by atoms with E-state index in [9.17, 15) is 17.6 Å². The van der Waals surface area contributed by atoms with Crippen molar-refractivity contribution in [2.75, 3.05) is 0 Å². The maximum absolute atomic E-state index is 12.9. The molecule has 0 saturated heterocycles. The molecule has 6 heteroatoms. The minimum Gasteiger partial charge on any atom is -0.368 e. The Morgan fingerprint density at radius 3 is 2.05 bits per heavy atom. The average Bonchev–Trinajstić information content (AvgIpc) is 2.41. The second kappa shape index (κ2) is 5.42. The summed E-state index contributed by atoms with van der Waals surface area (Å²) >= 11 is 0. The molecular formula is C14H12FNO3S. The Labute approximate surface area is 116 Å². The number of sulfone groups is 1. The van der Waals surface area contributed by atoms with Crippen LogP contribution in [0.25, 0.3) is 0 Å². The lowest BCUT2D eigenvalue weighted by atomic mass is 10.1. The van der Waals surface area contributed by atoms with Gasteiger partial charge in [0.05, 0.1) is 4.90 Å². The fourth-order valence-electron chi connectivity index (χ4n) is 1.88. The van der Waals surface area contributed by atoms with Crippen molar-refractivity contribution in [3.05, 3.63) is 66.0 Å². The summed E-state index contributed by atoms with van der Waals surface area (Å²) in [6, 6.07) is 12.2. The lowest BCUT2D eigenvalue weighted by Crippen LogP contribution is -2.28. The molecule has 1 amide bonds. The van der Waals surface area contributed by atoms with Crippen LogP contribution in [0.4, 0.5) is 4.39 Å². The third-order valence-electron chi connectivity index (χ3n) is 2.81. The van der Waals surface area contributed by atoms with E-state index in [4.69, 9.17) is 5.73 Å². The molecular weight excluding hydrogens is 281 g/mol. The molecule has 0 radical (unpaired) electrons. The summed E-state index contributed by atoms with van der Waals surface area (Å²) in [5.41, 5.74) is 5.36. The van der Waals surface area contributed by atoms with Crippen molar-refractivity contribution in [1.82, 2.24) is 0 Å². The molecule has 20 heavy (non-hydrogen) atoms. The third kappa shape index (κ3) is 2.70. The summed E-state index contributed by atoms with van der Waals surface area (Å²) in [6.45, 7) is 0. The number of carbonyl (C=O) groups excluding carboxylic acids is 1. The topological polar surface area (TPSA) is 77.2 Å². The molecule has 2 N–H and O–H groups in total. The van der Waals surface area contributed by atoms with E-state index in [1.165, 1.54) is 24.3 Å². The van der Waals surface area contributed by atoms with Crippen LogP contribution in [0.2, 0.25) is 0 Å². The van der Waals surface area contributed by atoms with Crippen molar-refractivity contribution in [1.29, 1.82) is 0 Å². The van der Waals surface area contributed by atoms with Crippen LogP contribution in [0.3, 0.4) is 0 Å². The van der Waals surface area contributed by atoms with Gasteiger partial charge in [0.15, 0.2) is 15.1 Å². The molecule has 4 nitrogen and oxygen atoms in total. The number of primary amides is 1. The molecule has 0 aliphatic heterocycles. The number of benzene rings is 2. The first-order chi connectivity index (χ1) is 9.43. The Hall–Kier alpha value is -2.21. The van der Waals surface area contributed by atoms with E-state index in [1.807, 2.05) is 0 Å². The molecule has 0 heterocycles. The Kier molecular flexibility index (Phi) is 3.85. The Morgan fingerprint density at radius 2 is 1.55 bits per heavy atom. The molecule has 2 rings (SSSR count). The van der Waals surface area contributed by atoms with Gasteiger partial charge in [-0.3, -0.25) is 4.79 Å². The van der Waals surface area contributed by atoms with Crippen molar-refractivity contribution in [2.24, 2.45) is 5.73 Å². The van der Waals surface area contributed by atoms with Crippen LogP contribution < -0.4 is 5.73 Å². The monoisotopic (exact) mass is 293 g/mol. The van der Waals surface area contributed by atoms with Gasteiger partial charge in [-0.05, 0) is 29.8 Å². The third-order valence-corrected chi connectivity index (χ3v) is 4.87. The van der Waals surface area contributed by atoms with E-state index in [-0.39, 0.29) is 10.5 Å². The summed E-state index contributed by atoms with van der Waals surface area (Å²) in [4.78, 5) is 11.5. The van der Waals surface area contributed by atoms with Gasteiger partial charge >= 0.3 is 0 Å². The highest BCUT2D eigenvalue weighted by atomic mass is 32.2. The normalized spacial score (nSPS) is 12.8. The molecule has 2 aromatic rings. The predicted octanol–water partition coefficient (Wildman–Crippen LogP) is 1.83. The summed E-state index contributed by atoms with van der Waals surface area (Å²) in [5, 5.41) is -1.54. The fourth-order valence-corrected chi connectivity index (χ4v) is 3.51. The van der Waals surface area contributed by atoms with Gasteiger partial charge in [-0.1, -0.05) is 30.3 Å². The SMILES string of the molecule is NC(=O)[C@@H](c1ccc(F)cc1)S(=O)(=O)c1ccccc1. The van der Waals surface area contributed by atoms with Crippen molar-refractivity contribution < 1.29 is 17.6 Å². The highest BCUT2D eigenvalue weighted by Crippen LogP contribution is 2.28. The zero-order chi connectivity index (χ0) is 14.8. The van der Waals surface area contributed by atoms with Crippen LogP contribution in [0.1, 0.15) is 10.8 Å². The van der Waals surface area contributed by atoms with Gasteiger partial charge in [-0.15, -0.1) is 0 Å². The Balaban J connectivity index is 2.54. The second-order valence-electron chi connectivity index (χ2n) is 4.19. The first-order valence-corrected chi connectivity index (χ1v) is 7.31. The van der Waals surface area contributed by atoms with Gasteiger partial charge in [-0.25, -0.2) is 12.8 Å². The smallest absolute Gasteiger partial charge is 0.240 e.